The van der Waals surface area contributed by atoms with Gasteiger partial charge in [0.15, 0.2) is 0 Å². The Bertz CT molecular complexity index is 409. The lowest BCUT2D eigenvalue weighted by molar-refractivity contribution is -0.140. The minimum absolute atomic E-state index is 0.0460. The standard InChI is InChI=1S/C21H38O5/c1-3-4-7-10-16(22)13-14-18-17(19(23)15-20(18)24)11-8-5-6-9-12-21(25)26-2/h13-14,16-20,22-24H,3-12,15H2,1-2H3/b14-13+/t16-,17+,18+,19-,20+/m0/s1. The van der Waals surface area contributed by atoms with E-state index >= 15 is 0 Å². The Kier molecular flexibility index (Phi) is 11.8. The first-order valence-corrected chi connectivity index (χ1v) is 10.3. The van der Waals surface area contributed by atoms with Gasteiger partial charge < -0.3 is 20.1 Å². The molecule has 5 heteroatoms. The van der Waals surface area contributed by atoms with Gasteiger partial charge in [0.1, 0.15) is 0 Å². The molecule has 5 nitrogen and oxygen atoms in total. The number of aliphatic hydroxyl groups excluding tert-OH is 3. The average Bonchev–Trinajstić information content (AvgIpc) is 2.89. The zero-order valence-corrected chi connectivity index (χ0v) is 16.5. The molecule has 0 aliphatic heterocycles. The molecule has 0 aromatic rings. The van der Waals surface area contributed by atoms with Gasteiger partial charge in [-0.15, -0.1) is 0 Å². The van der Waals surface area contributed by atoms with E-state index in [1.807, 2.05) is 6.08 Å². The lowest BCUT2D eigenvalue weighted by Gasteiger charge is -2.21. The molecule has 152 valence electrons. The Morgan fingerprint density at radius 3 is 2.54 bits per heavy atom. The molecule has 0 radical (unpaired) electrons. The summed E-state index contributed by atoms with van der Waals surface area (Å²) in [4.78, 5) is 11.1. The second kappa shape index (κ2) is 13.3. The number of hydrogen-bond acceptors (Lipinski definition) is 5. The number of carbonyl (C=O) groups excluding carboxylic acids is 1. The van der Waals surface area contributed by atoms with Crippen LogP contribution < -0.4 is 0 Å². The highest BCUT2D eigenvalue weighted by Gasteiger charge is 2.39. The predicted molar refractivity (Wildman–Crippen MR) is 103 cm³/mol. The van der Waals surface area contributed by atoms with Crippen molar-refractivity contribution in [3.05, 3.63) is 12.2 Å². The summed E-state index contributed by atoms with van der Waals surface area (Å²) in [5.41, 5.74) is 0. The van der Waals surface area contributed by atoms with E-state index in [9.17, 15) is 20.1 Å². The van der Waals surface area contributed by atoms with Gasteiger partial charge in [-0.1, -0.05) is 57.6 Å². The third-order valence-corrected chi connectivity index (χ3v) is 5.47. The summed E-state index contributed by atoms with van der Waals surface area (Å²) in [6.07, 6.45) is 11.7. The number of aliphatic hydroxyl groups is 3. The van der Waals surface area contributed by atoms with Crippen LogP contribution in [0.1, 0.15) is 77.6 Å². The number of methoxy groups -OCH3 is 1. The van der Waals surface area contributed by atoms with Crippen LogP contribution in [0.2, 0.25) is 0 Å². The monoisotopic (exact) mass is 370 g/mol. The van der Waals surface area contributed by atoms with Crippen molar-refractivity contribution in [1.29, 1.82) is 0 Å². The molecule has 0 saturated heterocycles. The minimum atomic E-state index is -0.534. The third kappa shape index (κ3) is 8.65. The summed E-state index contributed by atoms with van der Waals surface area (Å²) >= 11 is 0. The van der Waals surface area contributed by atoms with Gasteiger partial charge in [-0.2, -0.15) is 0 Å². The minimum Gasteiger partial charge on any atom is -0.469 e. The van der Waals surface area contributed by atoms with Crippen molar-refractivity contribution in [2.45, 2.75) is 95.9 Å². The van der Waals surface area contributed by atoms with Gasteiger partial charge in [-0.05, 0) is 25.2 Å². The van der Waals surface area contributed by atoms with Gasteiger partial charge in [0, 0.05) is 18.8 Å². The number of hydrogen-bond donors (Lipinski definition) is 3. The quantitative estimate of drug-likeness (QED) is 0.263. The molecule has 0 aromatic heterocycles. The molecule has 1 saturated carbocycles. The summed E-state index contributed by atoms with van der Waals surface area (Å²) in [6.45, 7) is 2.14. The fourth-order valence-electron chi connectivity index (χ4n) is 3.84. The summed E-state index contributed by atoms with van der Waals surface area (Å²) in [5.74, 6) is -0.201. The van der Waals surface area contributed by atoms with Crippen LogP contribution in [0.15, 0.2) is 12.2 Å². The maximum atomic E-state index is 11.1. The van der Waals surface area contributed by atoms with Crippen LogP contribution in [0.4, 0.5) is 0 Å². The topological polar surface area (TPSA) is 87.0 Å². The maximum absolute atomic E-state index is 11.1. The smallest absolute Gasteiger partial charge is 0.305 e. The fraction of sp³-hybridized carbons (Fsp3) is 0.857. The van der Waals surface area contributed by atoms with Crippen molar-refractivity contribution in [3.8, 4) is 0 Å². The normalized spacial score (nSPS) is 27.1. The molecule has 3 N–H and O–H groups in total. The van der Waals surface area contributed by atoms with Crippen LogP contribution in [-0.4, -0.2) is 46.7 Å². The van der Waals surface area contributed by atoms with Crippen LogP contribution in [-0.2, 0) is 9.53 Å². The van der Waals surface area contributed by atoms with Crippen LogP contribution >= 0.6 is 0 Å². The molecule has 1 aliphatic carbocycles. The molecular weight excluding hydrogens is 332 g/mol. The van der Waals surface area contributed by atoms with E-state index in [1.54, 1.807) is 6.08 Å². The maximum Gasteiger partial charge on any atom is 0.305 e. The van der Waals surface area contributed by atoms with Crippen LogP contribution in [0, 0.1) is 11.8 Å². The molecule has 0 amide bonds. The first kappa shape index (κ1) is 23.1. The Morgan fingerprint density at radius 1 is 1.12 bits per heavy atom. The summed E-state index contributed by atoms with van der Waals surface area (Å²) in [7, 11) is 1.41. The molecule has 1 rings (SSSR count). The highest BCUT2D eigenvalue weighted by molar-refractivity contribution is 5.68. The predicted octanol–water partition coefficient (Wildman–Crippen LogP) is 3.36. The van der Waals surface area contributed by atoms with E-state index in [0.717, 1.165) is 57.8 Å². The van der Waals surface area contributed by atoms with Gasteiger partial charge in [0.2, 0.25) is 0 Å². The molecule has 5 atom stereocenters. The molecule has 0 spiro atoms. The Labute approximate surface area is 158 Å². The van der Waals surface area contributed by atoms with E-state index in [2.05, 4.69) is 11.7 Å². The molecule has 0 bridgehead atoms. The second-order valence-electron chi connectivity index (χ2n) is 7.59. The number of carbonyl (C=O) groups is 1. The summed E-state index contributed by atoms with van der Waals surface area (Å²) < 4.78 is 4.63. The SMILES string of the molecule is CCCCC[C@H](O)/C=C/[C@@H]1[C@@H](CCCCCCC(=O)OC)[C@@H](O)C[C@H]1O. The molecule has 26 heavy (non-hydrogen) atoms. The van der Waals surface area contributed by atoms with Crippen molar-refractivity contribution < 1.29 is 24.9 Å². The fourth-order valence-corrected chi connectivity index (χ4v) is 3.84. The van der Waals surface area contributed by atoms with Gasteiger partial charge >= 0.3 is 5.97 Å². The molecule has 0 aromatic carbocycles. The van der Waals surface area contributed by atoms with Crippen molar-refractivity contribution in [1.82, 2.24) is 0 Å². The lowest BCUT2D eigenvalue weighted by atomic mass is 9.88. The lowest BCUT2D eigenvalue weighted by Crippen LogP contribution is -2.21. The number of ether oxygens (including phenoxy) is 1. The van der Waals surface area contributed by atoms with Crippen molar-refractivity contribution in [3.63, 3.8) is 0 Å². The van der Waals surface area contributed by atoms with Crippen LogP contribution in [0.5, 0.6) is 0 Å². The highest BCUT2D eigenvalue weighted by atomic mass is 16.5. The van der Waals surface area contributed by atoms with Gasteiger partial charge in [0.05, 0.1) is 25.4 Å². The Balaban J connectivity index is 2.35. The van der Waals surface area contributed by atoms with E-state index in [-0.39, 0.29) is 17.8 Å². The van der Waals surface area contributed by atoms with Crippen LogP contribution in [0.25, 0.3) is 0 Å². The Morgan fingerprint density at radius 2 is 1.85 bits per heavy atom. The molecule has 1 aliphatic rings. The first-order chi connectivity index (χ1) is 12.5. The first-order valence-electron chi connectivity index (χ1n) is 10.3. The zero-order chi connectivity index (χ0) is 19.4. The third-order valence-electron chi connectivity index (χ3n) is 5.47. The van der Waals surface area contributed by atoms with E-state index in [4.69, 9.17) is 0 Å². The van der Waals surface area contributed by atoms with E-state index in [1.165, 1.54) is 7.11 Å². The highest BCUT2D eigenvalue weighted by Crippen LogP contribution is 2.37. The van der Waals surface area contributed by atoms with Gasteiger partial charge in [-0.25, -0.2) is 0 Å². The zero-order valence-electron chi connectivity index (χ0n) is 16.5. The second-order valence-corrected chi connectivity index (χ2v) is 7.59. The molecular formula is C21H38O5. The van der Waals surface area contributed by atoms with Crippen LogP contribution in [0.3, 0.4) is 0 Å². The molecule has 0 unspecified atom stereocenters. The average molecular weight is 371 g/mol. The van der Waals surface area contributed by atoms with E-state index < -0.39 is 18.3 Å². The van der Waals surface area contributed by atoms with Gasteiger partial charge in [0.25, 0.3) is 0 Å². The number of unbranched alkanes of at least 4 members (excludes halogenated alkanes) is 5. The van der Waals surface area contributed by atoms with Crippen molar-refractivity contribution >= 4 is 5.97 Å². The summed E-state index contributed by atoms with van der Waals surface area (Å²) in [5, 5.41) is 30.5. The number of esters is 1. The largest absolute Gasteiger partial charge is 0.469 e. The van der Waals surface area contributed by atoms with Gasteiger partial charge in [-0.3, -0.25) is 4.79 Å². The van der Waals surface area contributed by atoms with E-state index in [0.29, 0.717) is 12.8 Å². The summed E-state index contributed by atoms with van der Waals surface area (Å²) in [6, 6.07) is 0. The Hall–Kier alpha value is -0.910. The molecule has 0 heterocycles. The number of rotatable bonds is 13. The van der Waals surface area contributed by atoms with Crippen molar-refractivity contribution in [2.24, 2.45) is 11.8 Å². The molecule has 1 fully saturated rings. The van der Waals surface area contributed by atoms with Crippen molar-refractivity contribution in [2.75, 3.05) is 7.11 Å².